The van der Waals surface area contributed by atoms with E-state index in [1.165, 1.54) is 18.2 Å². The molecule has 0 saturated heterocycles. The fourth-order valence-corrected chi connectivity index (χ4v) is 3.53. The molecule has 1 aromatic carbocycles. The summed E-state index contributed by atoms with van der Waals surface area (Å²) in [5.74, 6) is 0.380. The van der Waals surface area contributed by atoms with Gasteiger partial charge < -0.3 is 4.74 Å². The second-order valence-corrected chi connectivity index (χ2v) is 7.42. The van der Waals surface area contributed by atoms with Gasteiger partial charge in [-0.15, -0.1) is 0 Å². The minimum atomic E-state index is -0.238. The maximum atomic E-state index is 11.9. The van der Waals surface area contributed by atoms with Crippen molar-refractivity contribution in [1.82, 2.24) is 0 Å². The summed E-state index contributed by atoms with van der Waals surface area (Å²) >= 11 is 0. The van der Waals surface area contributed by atoms with Gasteiger partial charge in [0.25, 0.3) is 0 Å². The van der Waals surface area contributed by atoms with E-state index in [4.69, 9.17) is 4.74 Å². The van der Waals surface area contributed by atoms with E-state index >= 15 is 0 Å². The van der Waals surface area contributed by atoms with Gasteiger partial charge in [-0.2, -0.15) is 0 Å². The van der Waals surface area contributed by atoms with Crippen LogP contribution < -0.4 is 0 Å². The maximum Gasteiger partial charge on any atom is 0.338 e. The van der Waals surface area contributed by atoms with Crippen LogP contribution in [0.25, 0.3) is 0 Å². The van der Waals surface area contributed by atoms with E-state index in [9.17, 15) is 4.79 Å². The van der Waals surface area contributed by atoms with Crippen molar-refractivity contribution in [3.8, 4) is 0 Å². The van der Waals surface area contributed by atoms with Crippen LogP contribution in [0, 0.1) is 12.8 Å². The number of ether oxygens (including phenoxy) is 1. The maximum absolute atomic E-state index is 11.9. The van der Waals surface area contributed by atoms with E-state index in [0.717, 1.165) is 12.0 Å². The Labute approximate surface area is 122 Å². The monoisotopic (exact) mass is 274 g/mol. The lowest BCUT2D eigenvalue weighted by molar-refractivity contribution is 0.0599. The van der Waals surface area contributed by atoms with E-state index in [2.05, 4.69) is 46.8 Å². The SMILES string of the molecule is COC(=O)c1cc2c(cc1C)C(C)(C)[C@H](C)CC2(C)C. The standard InChI is InChI=1S/C18H26O2/c1-11-8-15-14(9-13(11)16(19)20-7)17(3,4)10-12(2)18(15,5)6/h8-9,12H,10H2,1-7H3/t12-/m1/s1. The van der Waals surface area contributed by atoms with Gasteiger partial charge in [0.2, 0.25) is 0 Å². The summed E-state index contributed by atoms with van der Waals surface area (Å²) in [5.41, 5.74) is 4.63. The first-order valence-corrected chi connectivity index (χ1v) is 7.35. The molecular formula is C18H26O2. The summed E-state index contributed by atoms with van der Waals surface area (Å²) in [7, 11) is 1.44. The smallest absolute Gasteiger partial charge is 0.338 e. The fourth-order valence-electron chi connectivity index (χ4n) is 3.53. The van der Waals surface area contributed by atoms with Gasteiger partial charge >= 0.3 is 5.97 Å². The summed E-state index contributed by atoms with van der Waals surface area (Å²) in [4.78, 5) is 11.9. The van der Waals surface area contributed by atoms with Gasteiger partial charge in [0.15, 0.2) is 0 Å². The Morgan fingerprint density at radius 1 is 1.20 bits per heavy atom. The molecule has 0 radical (unpaired) electrons. The van der Waals surface area contributed by atoms with Crippen molar-refractivity contribution in [2.24, 2.45) is 5.92 Å². The minimum absolute atomic E-state index is 0.0980. The highest BCUT2D eigenvalue weighted by atomic mass is 16.5. The highest BCUT2D eigenvalue weighted by molar-refractivity contribution is 5.91. The quantitative estimate of drug-likeness (QED) is 0.710. The fraction of sp³-hybridized carbons (Fsp3) is 0.611. The molecule has 1 aromatic rings. The number of aryl methyl sites for hydroxylation is 1. The van der Waals surface area contributed by atoms with Gasteiger partial charge in [-0.25, -0.2) is 4.79 Å². The summed E-state index contributed by atoms with van der Waals surface area (Å²) in [5, 5.41) is 0. The summed E-state index contributed by atoms with van der Waals surface area (Å²) in [6.45, 7) is 13.5. The van der Waals surface area contributed by atoms with Crippen molar-refractivity contribution in [2.45, 2.75) is 58.8 Å². The first-order chi connectivity index (χ1) is 9.11. The van der Waals surface area contributed by atoms with Crippen LogP contribution in [-0.4, -0.2) is 13.1 Å². The molecule has 0 bridgehead atoms. The average molecular weight is 274 g/mol. The number of benzene rings is 1. The predicted molar refractivity (Wildman–Crippen MR) is 82.4 cm³/mol. The molecule has 0 unspecified atom stereocenters. The van der Waals surface area contributed by atoms with Crippen LogP contribution in [0.2, 0.25) is 0 Å². The van der Waals surface area contributed by atoms with Gasteiger partial charge in [-0.1, -0.05) is 40.7 Å². The Morgan fingerprint density at radius 2 is 1.80 bits per heavy atom. The molecule has 1 atom stereocenters. The molecule has 0 amide bonds. The lowest BCUT2D eigenvalue weighted by Gasteiger charge is -2.46. The molecule has 0 N–H and O–H groups in total. The van der Waals surface area contributed by atoms with Crippen molar-refractivity contribution in [2.75, 3.05) is 7.11 Å². The first-order valence-electron chi connectivity index (χ1n) is 7.35. The highest BCUT2D eigenvalue weighted by Crippen LogP contribution is 2.49. The summed E-state index contributed by atoms with van der Waals surface area (Å²) in [6.07, 6.45) is 1.14. The largest absolute Gasteiger partial charge is 0.465 e. The van der Waals surface area contributed by atoms with Crippen molar-refractivity contribution in [3.05, 3.63) is 34.4 Å². The summed E-state index contributed by atoms with van der Waals surface area (Å²) in [6, 6.07) is 4.25. The van der Waals surface area contributed by atoms with Gasteiger partial charge in [-0.05, 0) is 52.8 Å². The average Bonchev–Trinajstić information content (AvgIpc) is 2.35. The van der Waals surface area contributed by atoms with E-state index in [-0.39, 0.29) is 16.8 Å². The first kappa shape index (κ1) is 15.1. The number of fused-ring (bicyclic) bond motifs is 1. The molecule has 0 aromatic heterocycles. The van der Waals surface area contributed by atoms with Crippen LogP contribution in [-0.2, 0) is 15.6 Å². The van der Waals surface area contributed by atoms with Gasteiger partial charge in [0.05, 0.1) is 12.7 Å². The third-order valence-corrected chi connectivity index (χ3v) is 5.24. The van der Waals surface area contributed by atoms with Crippen LogP contribution in [0.5, 0.6) is 0 Å². The molecule has 110 valence electrons. The van der Waals surface area contributed by atoms with Crippen LogP contribution in [0.3, 0.4) is 0 Å². The van der Waals surface area contributed by atoms with Crippen LogP contribution in [0.15, 0.2) is 12.1 Å². The van der Waals surface area contributed by atoms with E-state index in [1.807, 2.05) is 6.92 Å². The van der Waals surface area contributed by atoms with Crippen LogP contribution in [0.1, 0.15) is 68.1 Å². The zero-order valence-electron chi connectivity index (χ0n) is 13.8. The van der Waals surface area contributed by atoms with E-state index < -0.39 is 0 Å². The summed E-state index contributed by atoms with van der Waals surface area (Å²) < 4.78 is 4.91. The number of carbonyl (C=O) groups excluding carboxylic acids is 1. The third kappa shape index (κ3) is 2.15. The molecule has 1 aliphatic carbocycles. The minimum Gasteiger partial charge on any atom is -0.465 e. The Hall–Kier alpha value is -1.31. The molecule has 2 rings (SSSR count). The second-order valence-electron chi connectivity index (χ2n) is 7.42. The van der Waals surface area contributed by atoms with E-state index in [1.54, 1.807) is 0 Å². The van der Waals surface area contributed by atoms with Crippen LogP contribution in [0.4, 0.5) is 0 Å². The zero-order chi connectivity index (χ0) is 15.3. The van der Waals surface area contributed by atoms with E-state index in [0.29, 0.717) is 11.5 Å². The molecule has 1 aliphatic rings. The molecule has 0 saturated carbocycles. The number of hydrogen-bond donors (Lipinski definition) is 0. The van der Waals surface area contributed by atoms with Crippen LogP contribution >= 0.6 is 0 Å². The molecule has 2 heteroatoms. The molecule has 0 fully saturated rings. The number of carbonyl (C=O) groups is 1. The van der Waals surface area contributed by atoms with Crippen molar-refractivity contribution < 1.29 is 9.53 Å². The lowest BCUT2D eigenvalue weighted by atomic mass is 9.58. The molecule has 0 aliphatic heterocycles. The normalized spacial score (nSPS) is 23.1. The Morgan fingerprint density at radius 3 is 2.35 bits per heavy atom. The van der Waals surface area contributed by atoms with Crippen molar-refractivity contribution in [3.63, 3.8) is 0 Å². The Bertz CT molecular complexity index is 553. The molecule has 0 heterocycles. The molecule has 20 heavy (non-hydrogen) atoms. The topological polar surface area (TPSA) is 26.3 Å². The number of methoxy groups -OCH3 is 1. The van der Waals surface area contributed by atoms with Crippen molar-refractivity contribution >= 4 is 5.97 Å². The Balaban J connectivity index is 2.71. The zero-order valence-corrected chi connectivity index (χ0v) is 13.8. The molecule has 2 nitrogen and oxygen atoms in total. The second kappa shape index (κ2) is 4.61. The highest BCUT2D eigenvalue weighted by Gasteiger charge is 2.42. The number of rotatable bonds is 1. The van der Waals surface area contributed by atoms with Gasteiger partial charge in [0.1, 0.15) is 0 Å². The van der Waals surface area contributed by atoms with Gasteiger partial charge in [-0.3, -0.25) is 0 Å². The Kier molecular flexibility index (Phi) is 3.48. The number of hydrogen-bond acceptors (Lipinski definition) is 2. The molecular weight excluding hydrogens is 248 g/mol. The molecule has 0 spiro atoms. The van der Waals surface area contributed by atoms with Gasteiger partial charge in [0, 0.05) is 0 Å². The van der Waals surface area contributed by atoms with Crippen molar-refractivity contribution in [1.29, 1.82) is 0 Å². The predicted octanol–water partition coefficient (Wildman–Crippen LogP) is 4.38. The third-order valence-electron chi connectivity index (χ3n) is 5.24. The number of esters is 1. The lowest BCUT2D eigenvalue weighted by Crippen LogP contribution is -2.40.